The molecule has 0 saturated heterocycles. The maximum atomic E-state index is 12.9. The van der Waals surface area contributed by atoms with Crippen molar-refractivity contribution >= 4 is 23.6 Å². The van der Waals surface area contributed by atoms with Crippen LogP contribution in [-0.2, 0) is 11.3 Å². The van der Waals surface area contributed by atoms with E-state index in [1.165, 1.54) is 0 Å². The SMILES string of the molecule is CC(C)C[C@H](NC(=O)c1ccc(NCc2cnc[nH]2)cc1C=CC(C)(C)C)C(=O)O. The molecule has 0 unspecified atom stereocenters. The third-order valence-corrected chi connectivity index (χ3v) is 4.41. The van der Waals surface area contributed by atoms with Gasteiger partial charge < -0.3 is 20.7 Å². The lowest BCUT2D eigenvalue weighted by molar-refractivity contribution is -0.139. The second-order valence-corrected chi connectivity index (χ2v) is 8.93. The van der Waals surface area contributed by atoms with Gasteiger partial charge in [-0.2, -0.15) is 0 Å². The van der Waals surface area contributed by atoms with Gasteiger partial charge in [0.1, 0.15) is 6.04 Å². The number of imidazole rings is 1. The van der Waals surface area contributed by atoms with Crippen LogP contribution in [0.2, 0.25) is 0 Å². The summed E-state index contributed by atoms with van der Waals surface area (Å²) >= 11 is 0. The maximum absolute atomic E-state index is 12.9. The predicted molar refractivity (Wildman–Crippen MR) is 119 cm³/mol. The zero-order valence-electron chi connectivity index (χ0n) is 18.3. The molecule has 0 radical (unpaired) electrons. The number of anilines is 1. The first-order chi connectivity index (χ1) is 14.0. The van der Waals surface area contributed by atoms with Gasteiger partial charge in [0, 0.05) is 17.4 Å². The van der Waals surface area contributed by atoms with Crippen LogP contribution in [0.3, 0.4) is 0 Å². The first kappa shape index (κ1) is 23.2. The van der Waals surface area contributed by atoms with Gasteiger partial charge in [-0.1, -0.05) is 46.8 Å². The fourth-order valence-electron chi connectivity index (χ4n) is 2.86. The normalized spacial score (nSPS) is 12.9. The number of carboxylic acid groups (broad SMARTS) is 1. The number of hydrogen-bond donors (Lipinski definition) is 4. The summed E-state index contributed by atoms with van der Waals surface area (Å²) in [5.41, 5.74) is 2.91. The number of aromatic nitrogens is 2. The summed E-state index contributed by atoms with van der Waals surface area (Å²) in [6.45, 7) is 10.7. The van der Waals surface area contributed by atoms with Crippen molar-refractivity contribution in [3.63, 3.8) is 0 Å². The molecule has 0 fully saturated rings. The van der Waals surface area contributed by atoms with Crippen molar-refractivity contribution in [2.45, 2.75) is 53.6 Å². The van der Waals surface area contributed by atoms with Gasteiger partial charge in [-0.15, -0.1) is 0 Å². The minimum atomic E-state index is -1.03. The summed E-state index contributed by atoms with van der Waals surface area (Å²) in [7, 11) is 0. The number of aliphatic carboxylic acids is 1. The molecule has 1 heterocycles. The number of hydrogen-bond acceptors (Lipinski definition) is 4. The van der Waals surface area contributed by atoms with Crippen molar-refractivity contribution in [1.29, 1.82) is 0 Å². The van der Waals surface area contributed by atoms with Gasteiger partial charge in [-0.05, 0) is 41.5 Å². The first-order valence-corrected chi connectivity index (χ1v) is 10.1. The topological polar surface area (TPSA) is 107 Å². The Bertz CT molecular complexity index is 880. The Hall–Kier alpha value is -3.09. The minimum absolute atomic E-state index is 0.0612. The van der Waals surface area contributed by atoms with E-state index in [0.29, 0.717) is 18.5 Å². The van der Waals surface area contributed by atoms with Gasteiger partial charge in [0.25, 0.3) is 5.91 Å². The third kappa shape index (κ3) is 7.39. The molecule has 0 aliphatic heterocycles. The highest BCUT2D eigenvalue weighted by Crippen LogP contribution is 2.23. The molecular formula is C23H32N4O3. The Kier molecular flexibility index (Phi) is 7.80. The molecule has 1 amide bonds. The molecule has 1 aromatic carbocycles. The number of benzene rings is 1. The van der Waals surface area contributed by atoms with Crippen molar-refractivity contribution < 1.29 is 14.7 Å². The third-order valence-electron chi connectivity index (χ3n) is 4.41. The number of allylic oxidation sites excluding steroid dienone is 1. The molecule has 30 heavy (non-hydrogen) atoms. The molecule has 0 aliphatic carbocycles. The van der Waals surface area contributed by atoms with E-state index in [4.69, 9.17) is 0 Å². The number of carbonyl (C=O) groups is 2. The molecule has 7 heteroatoms. The number of nitrogens with zero attached hydrogens (tertiary/aromatic N) is 1. The number of amides is 1. The van der Waals surface area contributed by atoms with Crippen LogP contribution in [0.25, 0.3) is 6.08 Å². The Balaban J connectivity index is 2.28. The number of nitrogens with one attached hydrogen (secondary N) is 3. The Morgan fingerprint density at radius 1 is 1.27 bits per heavy atom. The van der Waals surface area contributed by atoms with Crippen LogP contribution in [0, 0.1) is 11.3 Å². The van der Waals surface area contributed by atoms with Gasteiger partial charge in [0.05, 0.1) is 18.6 Å². The van der Waals surface area contributed by atoms with Crippen LogP contribution in [0.15, 0.2) is 36.8 Å². The molecule has 0 bridgehead atoms. The molecule has 1 atom stereocenters. The lowest BCUT2D eigenvalue weighted by atomic mass is 9.94. The van der Waals surface area contributed by atoms with Crippen LogP contribution < -0.4 is 10.6 Å². The van der Waals surface area contributed by atoms with E-state index >= 15 is 0 Å². The monoisotopic (exact) mass is 412 g/mol. The maximum Gasteiger partial charge on any atom is 0.326 e. The molecule has 2 rings (SSSR count). The van der Waals surface area contributed by atoms with Gasteiger partial charge in [0.15, 0.2) is 0 Å². The highest BCUT2D eigenvalue weighted by Gasteiger charge is 2.23. The van der Waals surface area contributed by atoms with Gasteiger partial charge in [-0.3, -0.25) is 4.79 Å². The van der Waals surface area contributed by atoms with Crippen molar-refractivity contribution in [3.05, 3.63) is 53.6 Å². The molecule has 162 valence electrons. The van der Waals surface area contributed by atoms with E-state index in [1.807, 2.05) is 38.1 Å². The summed E-state index contributed by atoms with van der Waals surface area (Å²) in [4.78, 5) is 31.5. The van der Waals surface area contributed by atoms with E-state index in [9.17, 15) is 14.7 Å². The van der Waals surface area contributed by atoms with E-state index in [0.717, 1.165) is 16.9 Å². The summed E-state index contributed by atoms with van der Waals surface area (Å²) in [5, 5.41) is 15.4. The fraction of sp³-hybridized carbons (Fsp3) is 0.435. The van der Waals surface area contributed by atoms with Gasteiger partial charge >= 0.3 is 5.97 Å². The second-order valence-electron chi connectivity index (χ2n) is 8.93. The highest BCUT2D eigenvalue weighted by molar-refractivity contribution is 6.00. The van der Waals surface area contributed by atoms with Gasteiger partial charge in [-0.25, -0.2) is 9.78 Å². The summed E-state index contributed by atoms with van der Waals surface area (Å²) in [5.74, 6) is -1.26. The molecule has 1 aromatic heterocycles. The van der Waals surface area contributed by atoms with Crippen molar-refractivity contribution in [2.24, 2.45) is 11.3 Å². The van der Waals surface area contributed by atoms with Crippen LogP contribution in [0.5, 0.6) is 0 Å². The quantitative estimate of drug-likeness (QED) is 0.491. The molecule has 0 saturated carbocycles. The number of aromatic amines is 1. The van der Waals surface area contributed by atoms with E-state index < -0.39 is 17.9 Å². The molecule has 7 nitrogen and oxygen atoms in total. The van der Waals surface area contributed by atoms with Crippen LogP contribution >= 0.6 is 0 Å². The first-order valence-electron chi connectivity index (χ1n) is 10.1. The smallest absolute Gasteiger partial charge is 0.326 e. The van der Waals surface area contributed by atoms with Crippen molar-refractivity contribution in [3.8, 4) is 0 Å². The lowest BCUT2D eigenvalue weighted by Gasteiger charge is -2.18. The van der Waals surface area contributed by atoms with E-state index in [2.05, 4.69) is 41.4 Å². The molecule has 0 aliphatic rings. The summed E-state index contributed by atoms with van der Waals surface area (Å²) in [6.07, 6.45) is 7.68. The Morgan fingerprint density at radius 2 is 2.00 bits per heavy atom. The van der Waals surface area contributed by atoms with Crippen LogP contribution in [-0.4, -0.2) is 33.0 Å². The average molecular weight is 413 g/mol. The Morgan fingerprint density at radius 3 is 2.57 bits per heavy atom. The fourth-order valence-corrected chi connectivity index (χ4v) is 2.86. The average Bonchev–Trinajstić information content (AvgIpc) is 3.16. The highest BCUT2D eigenvalue weighted by atomic mass is 16.4. The van der Waals surface area contributed by atoms with E-state index in [-0.39, 0.29) is 11.3 Å². The number of carboxylic acids is 1. The lowest BCUT2D eigenvalue weighted by Crippen LogP contribution is -2.41. The Labute approximate surface area is 178 Å². The van der Waals surface area contributed by atoms with E-state index in [1.54, 1.807) is 18.6 Å². The minimum Gasteiger partial charge on any atom is -0.480 e. The molecular weight excluding hydrogens is 380 g/mol. The number of H-pyrrole nitrogens is 1. The molecule has 4 N–H and O–H groups in total. The summed E-state index contributed by atoms with van der Waals surface area (Å²) < 4.78 is 0. The zero-order valence-corrected chi connectivity index (χ0v) is 18.3. The molecule has 0 spiro atoms. The number of rotatable bonds is 9. The van der Waals surface area contributed by atoms with Crippen LogP contribution in [0.4, 0.5) is 5.69 Å². The number of carbonyl (C=O) groups excluding carboxylic acids is 1. The van der Waals surface area contributed by atoms with Gasteiger partial charge in [0.2, 0.25) is 0 Å². The van der Waals surface area contributed by atoms with Crippen molar-refractivity contribution in [1.82, 2.24) is 15.3 Å². The second kappa shape index (κ2) is 10.1. The van der Waals surface area contributed by atoms with Crippen LogP contribution in [0.1, 0.15) is 62.7 Å². The standard InChI is InChI=1S/C23H32N4O3/c1-15(2)10-20(22(29)30)27-21(28)19-7-6-17(25-13-18-12-24-14-26-18)11-16(19)8-9-23(3,4)5/h6-9,11-12,14-15,20,25H,10,13H2,1-5H3,(H,24,26)(H,27,28)(H,29,30)/t20-/m0/s1. The zero-order chi connectivity index (χ0) is 22.3. The molecule has 2 aromatic rings. The summed E-state index contributed by atoms with van der Waals surface area (Å²) in [6, 6.07) is 4.51. The predicted octanol–water partition coefficient (Wildman–Crippen LogP) is 4.31. The van der Waals surface area contributed by atoms with Crippen molar-refractivity contribution in [2.75, 3.05) is 5.32 Å². The largest absolute Gasteiger partial charge is 0.480 e.